The molecular weight excluding hydrogens is 434 g/mol. The zero-order valence-corrected chi connectivity index (χ0v) is 18.3. The minimum atomic E-state index is -0.319. The monoisotopic (exact) mass is 453 g/mol. The van der Waals surface area contributed by atoms with Crippen LogP contribution in [-0.4, -0.2) is 20.7 Å². The maximum atomic E-state index is 12.5. The van der Waals surface area contributed by atoms with Crippen LogP contribution < -0.4 is 10.6 Å². The minimum Gasteiger partial charge on any atom is -0.324 e. The van der Waals surface area contributed by atoms with Gasteiger partial charge in [-0.05, 0) is 41.0 Å². The van der Waals surface area contributed by atoms with Gasteiger partial charge < -0.3 is 5.32 Å². The summed E-state index contributed by atoms with van der Waals surface area (Å²) in [5, 5.41) is 11.3. The van der Waals surface area contributed by atoms with Gasteiger partial charge in [0.05, 0.1) is 0 Å². The second-order valence-electron chi connectivity index (χ2n) is 7.50. The predicted octanol–water partition coefficient (Wildman–Crippen LogP) is 5.64. The van der Waals surface area contributed by atoms with Gasteiger partial charge in [0.15, 0.2) is 0 Å². The third-order valence-electron chi connectivity index (χ3n) is 5.22. The Kier molecular flexibility index (Phi) is 5.74. The largest absolute Gasteiger partial charge is 0.324 e. The van der Waals surface area contributed by atoms with E-state index in [1.54, 1.807) is 22.9 Å². The van der Waals surface area contributed by atoms with E-state index in [0.717, 1.165) is 22.4 Å². The molecule has 1 aromatic heterocycles. The minimum absolute atomic E-state index is 0.166. The maximum Gasteiger partial charge on any atom is 0.250 e. The molecule has 0 unspecified atom stereocenters. The first-order chi connectivity index (χ1) is 16.2. The Balaban J connectivity index is 1.41. The van der Waals surface area contributed by atoms with Gasteiger partial charge in [0.25, 0.3) is 11.9 Å². The SMILES string of the molecule is O=C(/C=C/c1ccc(Cl)cc1)Nc1nc2n(n1)[C@@H](c1ccccc1)C=C(c1ccccc1)N2. The van der Waals surface area contributed by atoms with Crippen LogP contribution in [0.2, 0.25) is 5.02 Å². The molecule has 3 aromatic carbocycles. The molecule has 1 amide bonds. The smallest absolute Gasteiger partial charge is 0.250 e. The zero-order chi connectivity index (χ0) is 22.6. The number of rotatable bonds is 5. The molecule has 6 nitrogen and oxygen atoms in total. The van der Waals surface area contributed by atoms with Crippen molar-refractivity contribution >= 4 is 41.2 Å². The van der Waals surface area contributed by atoms with E-state index < -0.39 is 0 Å². The molecular formula is C26H20ClN5O. The second-order valence-corrected chi connectivity index (χ2v) is 7.94. The fourth-order valence-corrected chi connectivity index (χ4v) is 3.74. The quantitative estimate of drug-likeness (QED) is 0.383. The Morgan fingerprint density at radius 3 is 2.39 bits per heavy atom. The molecule has 2 heterocycles. The summed E-state index contributed by atoms with van der Waals surface area (Å²) in [6.45, 7) is 0. The predicted molar refractivity (Wildman–Crippen MR) is 132 cm³/mol. The topological polar surface area (TPSA) is 71.8 Å². The van der Waals surface area contributed by atoms with Gasteiger partial charge in [-0.25, -0.2) is 4.68 Å². The number of nitrogens with one attached hydrogen (secondary N) is 2. The number of hydrogen-bond acceptors (Lipinski definition) is 4. The summed E-state index contributed by atoms with van der Waals surface area (Å²) in [5.74, 6) is 0.467. The van der Waals surface area contributed by atoms with Crippen molar-refractivity contribution in [2.24, 2.45) is 0 Å². The molecule has 162 valence electrons. The van der Waals surface area contributed by atoms with Crippen molar-refractivity contribution in [3.05, 3.63) is 119 Å². The highest BCUT2D eigenvalue weighted by Crippen LogP contribution is 2.33. The molecule has 1 aliphatic rings. The molecule has 0 radical (unpaired) electrons. The highest BCUT2D eigenvalue weighted by Gasteiger charge is 2.25. The lowest BCUT2D eigenvalue weighted by Gasteiger charge is -2.24. The highest BCUT2D eigenvalue weighted by atomic mass is 35.5. The van der Waals surface area contributed by atoms with Crippen molar-refractivity contribution in [2.45, 2.75) is 6.04 Å². The number of carbonyl (C=O) groups is 1. The molecule has 1 aliphatic heterocycles. The Morgan fingerprint density at radius 1 is 0.970 bits per heavy atom. The van der Waals surface area contributed by atoms with Crippen LogP contribution in [0.3, 0.4) is 0 Å². The second kappa shape index (κ2) is 9.14. The Hall–Kier alpha value is -4.16. The van der Waals surface area contributed by atoms with Crippen molar-refractivity contribution < 1.29 is 4.79 Å². The Morgan fingerprint density at radius 2 is 1.67 bits per heavy atom. The van der Waals surface area contributed by atoms with Crippen LogP contribution in [0.15, 0.2) is 97.1 Å². The van der Waals surface area contributed by atoms with Gasteiger partial charge in [-0.1, -0.05) is 84.4 Å². The molecule has 0 aliphatic carbocycles. The van der Waals surface area contributed by atoms with E-state index in [0.29, 0.717) is 11.0 Å². The normalized spacial score (nSPS) is 14.9. The lowest BCUT2D eigenvalue weighted by atomic mass is 10.0. The summed E-state index contributed by atoms with van der Waals surface area (Å²) in [6.07, 6.45) is 5.26. The lowest BCUT2D eigenvalue weighted by Crippen LogP contribution is -2.20. The van der Waals surface area contributed by atoms with Crippen LogP contribution in [0.25, 0.3) is 11.8 Å². The first-order valence-corrected chi connectivity index (χ1v) is 10.8. The van der Waals surface area contributed by atoms with Crippen molar-refractivity contribution in [1.82, 2.24) is 14.8 Å². The summed E-state index contributed by atoms with van der Waals surface area (Å²) < 4.78 is 1.78. The molecule has 0 spiro atoms. The molecule has 1 atom stereocenters. The van der Waals surface area contributed by atoms with E-state index in [1.807, 2.05) is 72.8 Å². The number of amides is 1. The fourth-order valence-electron chi connectivity index (χ4n) is 3.62. The van der Waals surface area contributed by atoms with Gasteiger partial charge in [-0.15, -0.1) is 5.10 Å². The molecule has 0 fully saturated rings. The average Bonchev–Trinajstić information content (AvgIpc) is 3.26. The number of nitrogens with zero attached hydrogens (tertiary/aromatic N) is 3. The number of fused-ring (bicyclic) bond motifs is 1. The van der Waals surface area contributed by atoms with Crippen molar-refractivity contribution in [2.75, 3.05) is 10.6 Å². The summed E-state index contributed by atoms with van der Waals surface area (Å²) in [4.78, 5) is 17.0. The Bertz CT molecular complexity index is 1330. The number of hydrogen-bond donors (Lipinski definition) is 2. The molecule has 7 heteroatoms. The molecule has 0 bridgehead atoms. The van der Waals surface area contributed by atoms with E-state index in [4.69, 9.17) is 11.6 Å². The van der Waals surface area contributed by atoms with Crippen LogP contribution in [0.1, 0.15) is 22.7 Å². The molecule has 5 rings (SSSR count). The fraction of sp³-hybridized carbons (Fsp3) is 0.0385. The maximum absolute atomic E-state index is 12.5. The van der Waals surface area contributed by atoms with Gasteiger partial charge in [0.2, 0.25) is 5.95 Å². The lowest BCUT2D eigenvalue weighted by molar-refractivity contribution is -0.111. The highest BCUT2D eigenvalue weighted by molar-refractivity contribution is 6.30. The van der Waals surface area contributed by atoms with Gasteiger partial charge in [-0.2, -0.15) is 4.98 Å². The first kappa shape index (κ1) is 20.7. The molecule has 2 N–H and O–H groups in total. The van der Waals surface area contributed by atoms with Crippen LogP contribution in [0.4, 0.5) is 11.9 Å². The zero-order valence-electron chi connectivity index (χ0n) is 17.5. The van der Waals surface area contributed by atoms with Crippen LogP contribution in [0.5, 0.6) is 0 Å². The number of aromatic nitrogens is 3. The number of allylic oxidation sites excluding steroid dienone is 1. The van der Waals surface area contributed by atoms with Crippen molar-refractivity contribution in [1.29, 1.82) is 0 Å². The summed E-state index contributed by atoms with van der Waals surface area (Å²) >= 11 is 5.90. The van der Waals surface area contributed by atoms with E-state index in [1.165, 1.54) is 6.08 Å². The van der Waals surface area contributed by atoms with Crippen molar-refractivity contribution in [3.8, 4) is 0 Å². The summed E-state index contributed by atoms with van der Waals surface area (Å²) in [6, 6.07) is 27.2. The first-order valence-electron chi connectivity index (χ1n) is 10.5. The number of benzene rings is 3. The summed E-state index contributed by atoms with van der Waals surface area (Å²) in [7, 11) is 0. The average molecular weight is 454 g/mol. The standard InChI is InChI=1S/C26H20ClN5O/c27-21-14-11-18(12-15-21)13-16-24(33)29-25-30-26-28-22(19-7-3-1-4-8-19)17-23(32(26)31-25)20-9-5-2-6-10-20/h1-17,23H,(H2,28,29,30,31,33)/b16-13+/t23-/m1/s1. The Labute approximate surface area is 196 Å². The van der Waals surface area contributed by atoms with Gasteiger partial charge in [0.1, 0.15) is 6.04 Å². The number of carbonyl (C=O) groups excluding carboxylic acids is 1. The molecule has 0 saturated heterocycles. The molecule has 4 aromatic rings. The van der Waals surface area contributed by atoms with E-state index in [-0.39, 0.29) is 17.9 Å². The third kappa shape index (κ3) is 4.71. The third-order valence-corrected chi connectivity index (χ3v) is 5.48. The van der Waals surface area contributed by atoms with Crippen LogP contribution >= 0.6 is 11.6 Å². The molecule has 33 heavy (non-hydrogen) atoms. The van der Waals surface area contributed by atoms with E-state index in [9.17, 15) is 4.79 Å². The van der Waals surface area contributed by atoms with Crippen LogP contribution in [0, 0.1) is 0 Å². The van der Waals surface area contributed by atoms with Gasteiger partial charge >= 0.3 is 0 Å². The van der Waals surface area contributed by atoms with Crippen molar-refractivity contribution in [3.63, 3.8) is 0 Å². The summed E-state index contributed by atoms with van der Waals surface area (Å²) in [5.41, 5.74) is 3.92. The van der Waals surface area contributed by atoms with Gasteiger partial charge in [-0.3, -0.25) is 10.1 Å². The number of halogens is 1. The molecule has 0 saturated carbocycles. The van der Waals surface area contributed by atoms with Crippen LogP contribution in [-0.2, 0) is 4.79 Å². The van der Waals surface area contributed by atoms with E-state index >= 15 is 0 Å². The number of anilines is 2. The van der Waals surface area contributed by atoms with Gasteiger partial charge in [0, 0.05) is 16.8 Å². The van der Waals surface area contributed by atoms with E-state index in [2.05, 4.69) is 26.8 Å².